The smallest absolute Gasteiger partial charge is 0.166 e. The van der Waals surface area contributed by atoms with Crippen LogP contribution >= 0.6 is 12.2 Å². The first-order chi connectivity index (χ1) is 9.25. The molecule has 1 atom stereocenters. The molecule has 5 nitrogen and oxygen atoms in total. The van der Waals surface area contributed by atoms with Crippen molar-refractivity contribution >= 4 is 17.3 Å². The van der Waals surface area contributed by atoms with Crippen LogP contribution in [0.1, 0.15) is 25.0 Å². The van der Waals surface area contributed by atoms with Crippen LogP contribution in [0.4, 0.5) is 0 Å². The lowest BCUT2D eigenvalue weighted by atomic mass is 10.2. The van der Waals surface area contributed by atoms with Crippen LogP contribution in [0.2, 0.25) is 0 Å². The number of nitrogens with one attached hydrogen (secondary N) is 2. The van der Waals surface area contributed by atoms with Crippen LogP contribution in [-0.4, -0.2) is 40.7 Å². The topological polar surface area (TPSA) is 51.1 Å². The fourth-order valence-electron chi connectivity index (χ4n) is 2.14. The predicted octanol–water partition coefficient (Wildman–Crippen LogP) is 1.22. The fraction of sp³-hybridized carbons (Fsp3) is 0.692. The molecule has 2 rings (SSSR count). The Morgan fingerprint density at radius 1 is 1.58 bits per heavy atom. The van der Waals surface area contributed by atoms with E-state index in [0.717, 1.165) is 45.5 Å². The van der Waals surface area contributed by atoms with Gasteiger partial charge in [0, 0.05) is 38.1 Å². The summed E-state index contributed by atoms with van der Waals surface area (Å²) in [5.41, 5.74) is 1.19. The quantitative estimate of drug-likeness (QED) is 0.607. The van der Waals surface area contributed by atoms with E-state index in [9.17, 15) is 0 Å². The van der Waals surface area contributed by atoms with E-state index in [1.165, 1.54) is 5.69 Å². The van der Waals surface area contributed by atoms with E-state index in [0.29, 0.717) is 11.2 Å². The number of aryl methyl sites for hydroxylation is 2. The minimum Gasteiger partial charge on any atom is -0.376 e. The number of ether oxygens (including phenoxy) is 1. The third-order valence-electron chi connectivity index (χ3n) is 3.28. The monoisotopic (exact) mass is 282 g/mol. The number of hydrogen-bond acceptors (Lipinski definition) is 3. The number of rotatable bonds is 6. The molecule has 1 saturated heterocycles. The maximum Gasteiger partial charge on any atom is 0.166 e. The highest BCUT2D eigenvalue weighted by atomic mass is 32.1. The minimum absolute atomic E-state index is 0.325. The molecule has 106 valence electrons. The summed E-state index contributed by atoms with van der Waals surface area (Å²) in [5.74, 6) is 0. The van der Waals surface area contributed by atoms with Crippen molar-refractivity contribution in [3.63, 3.8) is 0 Å². The van der Waals surface area contributed by atoms with E-state index in [1.54, 1.807) is 0 Å². The van der Waals surface area contributed by atoms with Crippen molar-refractivity contribution < 1.29 is 4.74 Å². The minimum atomic E-state index is 0.325. The highest BCUT2D eigenvalue weighted by molar-refractivity contribution is 7.80. The summed E-state index contributed by atoms with van der Waals surface area (Å²) in [5, 5.41) is 11.4. The second kappa shape index (κ2) is 7.45. The third kappa shape index (κ3) is 4.80. The number of aromatic nitrogens is 2. The Bertz CT molecular complexity index is 401. The Morgan fingerprint density at radius 3 is 3.16 bits per heavy atom. The molecule has 0 saturated carbocycles. The second-order valence-electron chi connectivity index (χ2n) is 4.82. The van der Waals surface area contributed by atoms with E-state index >= 15 is 0 Å². The fourth-order valence-corrected chi connectivity index (χ4v) is 2.32. The lowest BCUT2D eigenvalue weighted by molar-refractivity contribution is 0.114. The molecule has 1 aliphatic rings. The molecule has 0 bridgehead atoms. The van der Waals surface area contributed by atoms with Crippen molar-refractivity contribution in [2.45, 2.75) is 38.8 Å². The van der Waals surface area contributed by atoms with Gasteiger partial charge in [-0.05, 0) is 44.5 Å². The Labute approximate surface area is 119 Å². The molecule has 0 aliphatic carbocycles. The van der Waals surface area contributed by atoms with E-state index in [-0.39, 0.29) is 0 Å². The third-order valence-corrected chi connectivity index (χ3v) is 3.56. The van der Waals surface area contributed by atoms with Gasteiger partial charge >= 0.3 is 0 Å². The zero-order valence-electron chi connectivity index (χ0n) is 11.4. The molecular weight excluding hydrogens is 260 g/mol. The lowest BCUT2D eigenvalue weighted by Crippen LogP contribution is -2.39. The summed E-state index contributed by atoms with van der Waals surface area (Å²) in [4.78, 5) is 0. The van der Waals surface area contributed by atoms with Crippen LogP contribution < -0.4 is 10.6 Å². The van der Waals surface area contributed by atoms with Crippen molar-refractivity contribution in [1.29, 1.82) is 0 Å². The van der Waals surface area contributed by atoms with Crippen LogP contribution in [0.5, 0.6) is 0 Å². The summed E-state index contributed by atoms with van der Waals surface area (Å²) in [7, 11) is 0. The van der Waals surface area contributed by atoms with Crippen LogP contribution in [0, 0.1) is 6.92 Å². The van der Waals surface area contributed by atoms with E-state index in [4.69, 9.17) is 17.0 Å². The van der Waals surface area contributed by atoms with Gasteiger partial charge in [0.2, 0.25) is 0 Å². The second-order valence-corrected chi connectivity index (χ2v) is 5.23. The zero-order valence-corrected chi connectivity index (χ0v) is 12.2. The Kier molecular flexibility index (Phi) is 5.60. The van der Waals surface area contributed by atoms with Crippen LogP contribution in [0.25, 0.3) is 0 Å². The number of hydrogen-bond donors (Lipinski definition) is 2. The van der Waals surface area contributed by atoms with Gasteiger partial charge in [0.05, 0.1) is 6.10 Å². The highest BCUT2D eigenvalue weighted by Crippen LogP contribution is 2.10. The SMILES string of the molecule is Cc1ccnn1CCCNC(=S)NCC1CCCO1. The molecule has 0 spiro atoms. The van der Waals surface area contributed by atoms with Gasteiger partial charge in [0.1, 0.15) is 0 Å². The lowest BCUT2D eigenvalue weighted by Gasteiger charge is -2.14. The first-order valence-corrected chi connectivity index (χ1v) is 7.28. The Morgan fingerprint density at radius 2 is 2.47 bits per heavy atom. The Balaban J connectivity index is 1.52. The van der Waals surface area contributed by atoms with Crippen molar-refractivity contribution in [1.82, 2.24) is 20.4 Å². The van der Waals surface area contributed by atoms with E-state index < -0.39 is 0 Å². The van der Waals surface area contributed by atoms with Crippen molar-refractivity contribution in [2.75, 3.05) is 19.7 Å². The first-order valence-electron chi connectivity index (χ1n) is 6.87. The molecule has 0 amide bonds. The van der Waals surface area contributed by atoms with Crippen LogP contribution in [0.15, 0.2) is 12.3 Å². The van der Waals surface area contributed by atoms with Gasteiger partial charge in [0.25, 0.3) is 0 Å². The summed E-state index contributed by atoms with van der Waals surface area (Å²) in [6, 6.07) is 2.02. The van der Waals surface area contributed by atoms with Gasteiger partial charge in [-0.2, -0.15) is 5.10 Å². The first kappa shape index (κ1) is 14.3. The maximum atomic E-state index is 5.53. The number of nitrogens with zero attached hydrogens (tertiary/aromatic N) is 2. The maximum absolute atomic E-state index is 5.53. The van der Waals surface area contributed by atoms with Crippen molar-refractivity contribution in [3.8, 4) is 0 Å². The predicted molar refractivity (Wildman–Crippen MR) is 79.2 cm³/mol. The van der Waals surface area contributed by atoms with Gasteiger partial charge in [0.15, 0.2) is 5.11 Å². The van der Waals surface area contributed by atoms with Gasteiger partial charge < -0.3 is 15.4 Å². The Hall–Kier alpha value is -1.14. The molecule has 0 aromatic carbocycles. The molecule has 1 aromatic heterocycles. The normalized spacial score (nSPS) is 18.5. The van der Waals surface area contributed by atoms with Gasteiger partial charge in [-0.15, -0.1) is 0 Å². The average Bonchev–Trinajstić information content (AvgIpc) is 3.04. The summed E-state index contributed by atoms with van der Waals surface area (Å²) in [6.07, 6.45) is 5.46. The number of thiocarbonyl (C=S) groups is 1. The van der Waals surface area contributed by atoms with Gasteiger partial charge in [-0.3, -0.25) is 4.68 Å². The molecule has 6 heteroatoms. The standard InChI is InChI=1S/C13H22N4OS/c1-11-5-7-16-17(11)8-3-6-14-13(19)15-10-12-4-2-9-18-12/h5,7,12H,2-4,6,8-10H2,1H3,(H2,14,15,19). The molecule has 1 aromatic rings. The molecule has 19 heavy (non-hydrogen) atoms. The highest BCUT2D eigenvalue weighted by Gasteiger charge is 2.14. The summed E-state index contributed by atoms with van der Waals surface area (Å²) in [6.45, 7) is 5.53. The van der Waals surface area contributed by atoms with E-state index in [1.807, 2.05) is 16.9 Å². The largest absolute Gasteiger partial charge is 0.376 e. The molecule has 2 heterocycles. The molecule has 1 fully saturated rings. The van der Waals surface area contributed by atoms with Crippen molar-refractivity contribution in [3.05, 3.63) is 18.0 Å². The van der Waals surface area contributed by atoms with Crippen LogP contribution in [0.3, 0.4) is 0 Å². The molecular formula is C13H22N4OS. The molecule has 1 unspecified atom stereocenters. The van der Waals surface area contributed by atoms with Gasteiger partial charge in [-0.25, -0.2) is 0 Å². The van der Waals surface area contributed by atoms with E-state index in [2.05, 4.69) is 22.7 Å². The summed E-state index contributed by atoms with van der Waals surface area (Å²) < 4.78 is 7.53. The molecule has 1 aliphatic heterocycles. The molecule has 0 radical (unpaired) electrons. The summed E-state index contributed by atoms with van der Waals surface area (Å²) >= 11 is 5.23. The van der Waals surface area contributed by atoms with Crippen molar-refractivity contribution in [2.24, 2.45) is 0 Å². The van der Waals surface area contributed by atoms with Crippen LogP contribution in [-0.2, 0) is 11.3 Å². The zero-order chi connectivity index (χ0) is 13.5. The van der Waals surface area contributed by atoms with Gasteiger partial charge in [-0.1, -0.05) is 0 Å². The molecule has 2 N–H and O–H groups in total. The average molecular weight is 282 g/mol.